The molecule has 17 heavy (non-hydrogen) atoms. The van der Waals surface area contributed by atoms with E-state index in [-0.39, 0.29) is 0 Å². The molecule has 3 unspecified atom stereocenters. The first-order valence-corrected chi connectivity index (χ1v) is 7.08. The van der Waals surface area contributed by atoms with Crippen molar-refractivity contribution in [1.29, 1.82) is 0 Å². The molecule has 0 aromatic heterocycles. The molecule has 1 aromatic carbocycles. The summed E-state index contributed by atoms with van der Waals surface area (Å²) in [5.74, 6) is 0.930. The van der Waals surface area contributed by atoms with E-state index in [2.05, 4.69) is 31.3 Å². The van der Waals surface area contributed by atoms with E-state index in [1.165, 1.54) is 31.2 Å². The zero-order chi connectivity index (χ0) is 12.3. The second-order valence-corrected chi connectivity index (χ2v) is 5.66. The van der Waals surface area contributed by atoms with Gasteiger partial charge < -0.3 is 5.32 Å². The summed E-state index contributed by atoms with van der Waals surface area (Å²) >= 11 is 6.02. The first-order valence-electron chi connectivity index (χ1n) is 6.70. The zero-order valence-electron chi connectivity index (χ0n) is 10.7. The van der Waals surface area contributed by atoms with Crippen LogP contribution in [0.4, 0.5) is 0 Å². The van der Waals surface area contributed by atoms with Crippen LogP contribution in [0.3, 0.4) is 0 Å². The van der Waals surface area contributed by atoms with Crippen molar-refractivity contribution in [1.82, 2.24) is 5.32 Å². The lowest BCUT2D eigenvalue weighted by molar-refractivity contribution is 0.437. The minimum absolute atomic E-state index is 0.398. The average Bonchev–Trinajstić information content (AvgIpc) is 2.77. The van der Waals surface area contributed by atoms with Crippen LogP contribution in [0.2, 0.25) is 5.02 Å². The first-order chi connectivity index (χ1) is 8.19. The monoisotopic (exact) mass is 251 g/mol. The summed E-state index contributed by atoms with van der Waals surface area (Å²) in [6.45, 7) is 4.53. The predicted molar refractivity (Wildman–Crippen MR) is 74.4 cm³/mol. The molecule has 2 heteroatoms. The number of nitrogens with one attached hydrogen (secondary N) is 1. The van der Waals surface area contributed by atoms with Crippen molar-refractivity contribution in [2.45, 2.75) is 51.6 Å². The number of rotatable bonds is 4. The highest BCUT2D eigenvalue weighted by molar-refractivity contribution is 6.30. The van der Waals surface area contributed by atoms with Crippen molar-refractivity contribution in [3.8, 4) is 0 Å². The van der Waals surface area contributed by atoms with E-state index in [1.54, 1.807) is 0 Å². The number of benzene rings is 1. The zero-order valence-corrected chi connectivity index (χ0v) is 11.5. The van der Waals surface area contributed by atoms with Crippen LogP contribution in [0.15, 0.2) is 24.3 Å². The van der Waals surface area contributed by atoms with Gasteiger partial charge in [-0.3, -0.25) is 0 Å². The Balaban J connectivity index is 1.91. The maximum Gasteiger partial charge on any atom is 0.0409 e. The lowest BCUT2D eigenvalue weighted by Gasteiger charge is -2.20. The smallest absolute Gasteiger partial charge is 0.0409 e. The Bertz CT molecular complexity index is 364. The van der Waals surface area contributed by atoms with Gasteiger partial charge in [-0.2, -0.15) is 0 Å². The van der Waals surface area contributed by atoms with Gasteiger partial charge in [-0.25, -0.2) is 0 Å². The van der Waals surface area contributed by atoms with E-state index in [1.807, 2.05) is 12.1 Å². The van der Waals surface area contributed by atoms with Crippen molar-refractivity contribution in [3.63, 3.8) is 0 Å². The van der Waals surface area contributed by atoms with Crippen LogP contribution in [0.5, 0.6) is 0 Å². The number of hydrogen-bond acceptors (Lipinski definition) is 1. The summed E-state index contributed by atoms with van der Waals surface area (Å²) in [7, 11) is 0. The summed E-state index contributed by atoms with van der Waals surface area (Å²) in [5, 5.41) is 4.56. The average molecular weight is 252 g/mol. The third-order valence-electron chi connectivity index (χ3n) is 3.95. The van der Waals surface area contributed by atoms with Gasteiger partial charge in [0.2, 0.25) is 0 Å². The number of halogens is 1. The van der Waals surface area contributed by atoms with Crippen LogP contribution in [0.1, 0.15) is 51.1 Å². The first kappa shape index (κ1) is 12.9. The van der Waals surface area contributed by atoms with Gasteiger partial charge in [0, 0.05) is 17.1 Å². The molecule has 3 atom stereocenters. The van der Waals surface area contributed by atoms with Crippen molar-refractivity contribution in [3.05, 3.63) is 34.9 Å². The largest absolute Gasteiger partial charge is 0.307 e. The molecule has 1 aromatic rings. The van der Waals surface area contributed by atoms with Gasteiger partial charge in [-0.1, -0.05) is 37.1 Å². The molecule has 0 radical (unpaired) electrons. The van der Waals surface area contributed by atoms with Crippen LogP contribution in [0, 0.1) is 5.92 Å². The maximum absolute atomic E-state index is 6.02. The molecule has 1 fully saturated rings. The van der Waals surface area contributed by atoms with Crippen LogP contribution < -0.4 is 5.32 Å². The van der Waals surface area contributed by atoms with Gasteiger partial charge >= 0.3 is 0 Å². The SMILES string of the molecule is CCC1CCC(NC(C)c2cccc(Cl)c2)C1. The Hall–Kier alpha value is -0.530. The fraction of sp³-hybridized carbons (Fsp3) is 0.600. The van der Waals surface area contributed by atoms with Gasteiger partial charge in [0.05, 0.1) is 0 Å². The Morgan fingerprint density at radius 2 is 2.24 bits per heavy atom. The molecule has 1 saturated carbocycles. The van der Waals surface area contributed by atoms with E-state index in [0.717, 1.165) is 10.9 Å². The quantitative estimate of drug-likeness (QED) is 0.827. The molecule has 0 amide bonds. The van der Waals surface area contributed by atoms with Gasteiger partial charge in [0.25, 0.3) is 0 Å². The molecule has 0 spiro atoms. The minimum atomic E-state index is 0.398. The fourth-order valence-corrected chi connectivity index (χ4v) is 3.02. The van der Waals surface area contributed by atoms with E-state index >= 15 is 0 Å². The highest BCUT2D eigenvalue weighted by atomic mass is 35.5. The lowest BCUT2D eigenvalue weighted by atomic mass is 10.0. The molecule has 0 bridgehead atoms. The van der Waals surface area contributed by atoms with Gasteiger partial charge in [-0.05, 0) is 49.8 Å². The fourth-order valence-electron chi connectivity index (χ4n) is 2.82. The second-order valence-electron chi connectivity index (χ2n) is 5.23. The summed E-state index contributed by atoms with van der Waals surface area (Å²) in [6.07, 6.45) is 5.37. The normalized spacial score (nSPS) is 26.1. The Morgan fingerprint density at radius 1 is 1.41 bits per heavy atom. The summed E-state index contributed by atoms with van der Waals surface area (Å²) in [6, 6.07) is 9.25. The molecule has 0 aliphatic heterocycles. The Labute approximate surface area is 110 Å². The molecular weight excluding hydrogens is 230 g/mol. The summed E-state index contributed by atoms with van der Waals surface area (Å²) in [4.78, 5) is 0. The maximum atomic E-state index is 6.02. The summed E-state index contributed by atoms with van der Waals surface area (Å²) < 4.78 is 0. The van der Waals surface area contributed by atoms with E-state index < -0.39 is 0 Å². The van der Waals surface area contributed by atoms with Crippen LogP contribution in [0.25, 0.3) is 0 Å². The molecule has 1 aliphatic carbocycles. The molecule has 0 saturated heterocycles. The highest BCUT2D eigenvalue weighted by Gasteiger charge is 2.24. The highest BCUT2D eigenvalue weighted by Crippen LogP contribution is 2.29. The lowest BCUT2D eigenvalue weighted by Crippen LogP contribution is -2.29. The van der Waals surface area contributed by atoms with Gasteiger partial charge in [0.1, 0.15) is 0 Å². The molecular formula is C15H22ClN. The van der Waals surface area contributed by atoms with E-state index in [4.69, 9.17) is 11.6 Å². The predicted octanol–water partition coefficient (Wildman–Crippen LogP) is 4.57. The van der Waals surface area contributed by atoms with E-state index in [0.29, 0.717) is 12.1 Å². The third-order valence-corrected chi connectivity index (χ3v) is 4.19. The van der Waals surface area contributed by atoms with Crippen molar-refractivity contribution in [2.24, 2.45) is 5.92 Å². The standard InChI is InChI=1S/C15H22ClN/c1-3-12-7-8-15(9-12)17-11(2)13-5-4-6-14(16)10-13/h4-6,10-12,15,17H,3,7-9H2,1-2H3. The molecule has 1 aliphatic rings. The van der Waals surface area contributed by atoms with Crippen LogP contribution in [-0.2, 0) is 0 Å². The molecule has 94 valence electrons. The van der Waals surface area contributed by atoms with Gasteiger partial charge in [0.15, 0.2) is 0 Å². The third kappa shape index (κ3) is 3.46. The van der Waals surface area contributed by atoms with Crippen molar-refractivity contribution >= 4 is 11.6 Å². The molecule has 0 heterocycles. The van der Waals surface area contributed by atoms with Crippen molar-refractivity contribution in [2.75, 3.05) is 0 Å². The van der Waals surface area contributed by atoms with Gasteiger partial charge in [-0.15, -0.1) is 0 Å². The second kappa shape index (κ2) is 5.88. The topological polar surface area (TPSA) is 12.0 Å². The summed E-state index contributed by atoms with van der Waals surface area (Å²) in [5.41, 5.74) is 1.29. The molecule has 2 rings (SSSR count). The van der Waals surface area contributed by atoms with E-state index in [9.17, 15) is 0 Å². The van der Waals surface area contributed by atoms with Crippen LogP contribution in [-0.4, -0.2) is 6.04 Å². The number of hydrogen-bond donors (Lipinski definition) is 1. The Kier molecular flexibility index (Phi) is 4.47. The molecule has 1 N–H and O–H groups in total. The Morgan fingerprint density at radius 3 is 2.88 bits per heavy atom. The minimum Gasteiger partial charge on any atom is -0.307 e. The van der Waals surface area contributed by atoms with Crippen molar-refractivity contribution < 1.29 is 0 Å². The van der Waals surface area contributed by atoms with Crippen LogP contribution >= 0.6 is 11.6 Å². The molecule has 1 nitrogen and oxygen atoms in total.